The van der Waals surface area contributed by atoms with Crippen molar-refractivity contribution in [2.45, 2.75) is 126 Å². The second kappa shape index (κ2) is 14.0. The first-order valence-electron chi connectivity index (χ1n) is 18.3. The van der Waals surface area contributed by atoms with Gasteiger partial charge in [-0.15, -0.1) is 0 Å². The quantitative estimate of drug-likeness (QED) is 0.374. The van der Waals surface area contributed by atoms with Gasteiger partial charge in [-0.2, -0.15) is 0 Å². The highest BCUT2D eigenvalue weighted by atomic mass is 32.2. The molecular weight excluding hydrogens is 710 g/mol. The van der Waals surface area contributed by atoms with Gasteiger partial charge < -0.3 is 34.5 Å². The van der Waals surface area contributed by atoms with Gasteiger partial charge in [0.2, 0.25) is 28.6 Å². The van der Waals surface area contributed by atoms with Crippen molar-refractivity contribution in [1.82, 2.24) is 25.2 Å². The zero-order valence-electron chi connectivity index (χ0n) is 30.2. The number of sulfonamides is 1. The van der Waals surface area contributed by atoms with Gasteiger partial charge >= 0.3 is 12.2 Å². The van der Waals surface area contributed by atoms with Crippen molar-refractivity contribution in [1.29, 1.82) is 0 Å². The van der Waals surface area contributed by atoms with E-state index in [0.717, 1.165) is 24.0 Å². The van der Waals surface area contributed by atoms with Gasteiger partial charge in [0, 0.05) is 24.4 Å². The van der Waals surface area contributed by atoms with E-state index in [1.807, 2.05) is 18.2 Å². The van der Waals surface area contributed by atoms with E-state index in [1.165, 1.54) is 9.80 Å². The van der Waals surface area contributed by atoms with Crippen molar-refractivity contribution in [3.05, 3.63) is 35.4 Å². The standard InChI is InChI=1S/C36H47N5O11S/c1-35(2,3)52-33(45)37-26-10-8-6-4-5-7-9-22-16-36(22,32(44)39-53(47,48)24-12-13-24)38-30(42)27-15-23(18-41(27)31(26)43)51-34(46)40-17-21-11-14-28-29(25(21)19-40)50-20-49-28/h7,9,11,14,22-24,26-27H,4-6,8,10,12-13,15-20H2,1-3H3,(H,37,45)(H,38,42)(H,39,44)/b9-7-/t22-,23-,26+,27?,36-/m1/s1. The predicted molar refractivity (Wildman–Crippen MR) is 187 cm³/mol. The fourth-order valence-corrected chi connectivity index (χ4v) is 8.85. The number of allylic oxidation sites excluding steroid dienone is 1. The zero-order valence-corrected chi connectivity index (χ0v) is 31.0. The van der Waals surface area contributed by atoms with Crippen LogP contribution in [0.25, 0.3) is 0 Å². The molecule has 5 amide bonds. The Kier molecular flexibility index (Phi) is 9.74. The summed E-state index contributed by atoms with van der Waals surface area (Å²) in [4.78, 5) is 71.5. The van der Waals surface area contributed by atoms with Crippen molar-refractivity contribution in [3.63, 3.8) is 0 Å². The Labute approximate surface area is 308 Å². The van der Waals surface area contributed by atoms with Crippen LogP contribution in [0.4, 0.5) is 9.59 Å². The number of hydrogen-bond acceptors (Lipinski definition) is 11. The van der Waals surface area contributed by atoms with E-state index in [4.69, 9.17) is 18.9 Å². The van der Waals surface area contributed by atoms with Crippen LogP contribution >= 0.6 is 0 Å². The van der Waals surface area contributed by atoms with E-state index in [1.54, 1.807) is 26.8 Å². The molecule has 1 saturated heterocycles. The molecule has 3 N–H and O–H groups in total. The van der Waals surface area contributed by atoms with Crippen LogP contribution in [-0.4, -0.2) is 96.0 Å². The lowest BCUT2D eigenvalue weighted by Crippen LogP contribution is -2.58. The second-order valence-corrected chi connectivity index (χ2v) is 17.7. The molecule has 0 radical (unpaired) electrons. The Morgan fingerprint density at radius 2 is 1.83 bits per heavy atom. The Balaban J connectivity index is 1.13. The van der Waals surface area contributed by atoms with E-state index in [-0.39, 0.29) is 45.7 Å². The summed E-state index contributed by atoms with van der Waals surface area (Å²) in [6, 6.07) is 1.40. The van der Waals surface area contributed by atoms with Gasteiger partial charge in [-0.3, -0.25) is 24.0 Å². The van der Waals surface area contributed by atoms with Crippen molar-refractivity contribution < 1.29 is 51.3 Å². The number of ether oxygens (including phenoxy) is 4. The maximum atomic E-state index is 14.4. The lowest BCUT2D eigenvalue weighted by Gasteiger charge is -2.30. The van der Waals surface area contributed by atoms with Gasteiger partial charge in [0.25, 0.3) is 5.91 Å². The first-order chi connectivity index (χ1) is 25.1. The molecule has 0 aromatic heterocycles. The molecule has 1 aromatic carbocycles. The summed E-state index contributed by atoms with van der Waals surface area (Å²) < 4.78 is 50.2. The van der Waals surface area contributed by atoms with Gasteiger partial charge in [0.05, 0.1) is 18.3 Å². The molecular formula is C36H47N5O11S. The summed E-state index contributed by atoms with van der Waals surface area (Å²) >= 11 is 0. The van der Waals surface area contributed by atoms with E-state index < -0.39 is 80.4 Å². The van der Waals surface area contributed by atoms with Crippen LogP contribution in [0, 0.1) is 5.92 Å². The van der Waals surface area contributed by atoms with E-state index >= 15 is 0 Å². The number of alkyl carbamates (subject to hydrolysis) is 1. The highest BCUT2D eigenvalue weighted by molar-refractivity contribution is 7.91. The van der Waals surface area contributed by atoms with Gasteiger partial charge in [-0.25, -0.2) is 18.0 Å². The Bertz CT molecular complexity index is 1820. The highest BCUT2D eigenvalue weighted by Gasteiger charge is 2.62. The van der Waals surface area contributed by atoms with E-state index in [2.05, 4.69) is 15.4 Å². The predicted octanol–water partition coefficient (Wildman–Crippen LogP) is 2.73. The minimum Gasteiger partial charge on any atom is -0.454 e. The molecule has 4 heterocycles. The Hall–Kier alpha value is -4.54. The van der Waals surface area contributed by atoms with Gasteiger partial charge in [-0.05, 0) is 70.9 Å². The van der Waals surface area contributed by atoms with Gasteiger partial charge in [0.15, 0.2) is 11.5 Å². The fraction of sp³-hybridized carbons (Fsp3) is 0.639. The Morgan fingerprint density at radius 3 is 2.58 bits per heavy atom. The zero-order chi connectivity index (χ0) is 37.7. The maximum Gasteiger partial charge on any atom is 0.410 e. The molecule has 1 aromatic rings. The number of fused-ring (bicyclic) bond motifs is 5. The molecule has 7 rings (SSSR count). The molecule has 6 aliphatic rings. The minimum atomic E-state index is -3.91. The minimum absolute atomic E-state index is 0.0890. The number of nitrogens with one attached hydrogen (secondary N) is 3. The molecule has 2 saturated carbocycles. The SMILES string of the molecule is CC(C)(C)OC(=O)N[C@H]1CCCCC/C=C\[C@@H]2C[C@@]2(C(=O)NS(=O)(=O)C2CC2)NC(=O)C2C[C@@H](OC(=O)N3Cc4ccc5c(c4C3)OCO5)CN2C1=O. The van der Waals surface area contributed by atoms with Crippen LogP contribution < -0.4 is 24.8 Å². The molecule has 5 atom stereocenters. The molecule has 53 heavy (non-hydrogen) atoms. The fourth-order valence-electron chi connectivity index (χ4n) is 7.49. The number of carbonyl (C=O) groups is 5. The third-order valence-electron chi connectivity index (χ3n) is 10.5. The van der Waals surface area contributed by atoms with Crippen LogP contribution in [0.2, 0.25) is 0 Å². The smallest absolute Gasteiger partial charge is 0.410 e. The first-order valence-corrected chi connectivity index (χ1v) is 19.9. The number of amides is 5. The van der Waals surface area contributed by atoms with E-state index in [0.29, 0.717) is 37.2 Å². The molecule has 0 spiro atoms. The molecule has 4 aliphatic heterocycles. The van der Waals surface area contributed by atoms with E-state index in [9.17, 15) is 32.4 Å². The number of carbonyl (C=O) groups excluding carboxylic acids is 5. The van der Waals surface area contributed by atoms with Crippen LogP contribution in [-0.2, 0) is 47.0 Å². The maximum absolute atomic E-state index is 14.4. The topological polar surface area (TPSA) is 199 Å². The first kappa shape index (κ1) is 36.8. The summed E-state index contributed by atoms with van der Waals surface area (Å²) in [6.07, 6.45) is 5.44. The van der Waals surface area contributed by atoms with Crippen LogP contribution in [0.15, 0.2) is 24.3 Å². The van der Waals surface area contributed by atoms with Crippen molar-refractivity contribution in [3.8, 4) is 11.5 Å². The molecule has 3 fully saturated rings. The largest absolute Gasteiger partial charge is 0.454 e. The molecule has 17 heteroatoms. The summed E-state index contributed by atoms with van der Waals surface area (Å²) in [6.45, 7) is 5.54. The number of rotatable bonds is 5. The summed E-state index contributed by atoms with van der Waals surface area (Å²) in [5, 5.41) is 4.86. The molecule has 1 unspecified atom stereocenters. The third-order valence-corrected chi connectivity index (χ3v) is 12.3. The average molecular weight is 758 g/mol. The average Bonchev–Trinajstić information content (AvgIpc) is 3.87. The van der Waals surface area contributed by atoms with Crippen molar-refractivity contribution >= 4 is 39.9 Å². The summed E-state index contributed by atoms with van der Waals surface area (Å²) in [5.41, 5.74) is -0.662. The number of benzene rings is 1. The van der Waals surface area contributed by atoms with Crippen LogP contribution in [0.3, 0.4) is 0 Å². The second-order valence-electron chi connectivity index (χ2n) is 15.8. The highest BCUT2D eigenvalue weighted by Crippen LogP contribution is 2.46. The van der Waals surface area contributed by atoms with Gasteiger partial charge in [-0.1, -0.05) is 31.1 Å². The summed E-state index contributed by atoms with van der Waals surface area (Å²) in [7, 11) is -3.91. The molecule has 16 nitrogen and oxygen atoms in total. The Morgan fingerprint density at radius 1 is 1.04 bits per heavy atom. The normalized spacial score (nSPS) is 29.0. The number of nitrogens with zero attached hydrogens (tertiary/aromatic N) is 2. The summed E-state index contributed by atoms with van der Waals surface area (Å²) in [5.74, 6) is -1.35. The monoisotopic (exact) mass is 757 g/mol. The van der Waals surface area contributed by atoms with Gasteiger partial charge in [0.1, 0.15) is 29.3 Å². The van der Waals surface area contributed by atoms with Crippen molar-refractivity contribution in [2.24, 2.45) is 5.92 Å². The number of hydrogen-bond donors (Lipinski definition) is 3. The lowest BCUT2D eigenvalue weighted by molar-refractivity contribution is -0.141. The molecule has 288 valence electrons. The molecule has 2 aliphatic carbocycles. The third kappa shape index (κ3) is 7.89. The van der Waals surface area contributed by atoms with Crippen molar-refractivity contribution in [2.75, 3.05) is 13.3 Å². The van der Waals surface area contributed by atoms with Crippen LogP contribution in [0.5, 0.6) is 11.5 Å². The van der Waals surface area contributed by atoms with Crippen LogP contribution in [0.1, 0.15) is 89.7 Å². The molecule has 0 bridgehead atoms. The lowest BCUT2D eigenvalue weighted by atomic mass is 10.0.